The van der Waals surface area contributed by atoms with Crippen molar-refractivity contribution in [3.8, 4) is 0 Å². The fourth-order valence-corrected chi connectivity index (χ4v) is 5.01. The highest BCUT2D eigenvalue weighted by Gasteiger charge is 2.49. The molecule has 3 fully saturated rings. The van der Waals surface area contributed by atoms with Gasteiger partial charge >= 0.3 is 0 Å². The van der Waals surface area contributed by atoms with Crippen molar-refractivity contribution in [2.24, 2.45) is 5.41 Å². The summed E-state index contributed by atoms with van der Waals surface area (Å²) in [5.41, 5.74) is 1.24. The van der Waals surface area contributed by atoms with E-state index in [0.717, 1.165) is 57.3 Å². The number of rotatable bonds is 4. The van der Waals surface area contributed by atoms with Gasteiger partial charge in [-0.05, 0) is 43.1 Å². The molecule has 1 aromatic heterocycles. The lowest BCUT2D eigenvalue weighted by Crippen LogP contribution is -2.55. The molecule has 152 valence electrons. The Morgan fingerprint density at radius 1 is 1.14 bits per heavy atom. The predicted octanol–water partition coefficient (Wildman–Crippen LogP) is 2.07. The summed E-state index contributed by atoms with van der Waals surface area (Å²) in [7, 11) is 0. The Labute approximate surface area is 170 Å². The summed E-state index contributed by atoms with van der Waals surface area (Å²) < 4.78 is 1.58. The van der Waals surface area contributed by atoms with E-state index in [-0.39, 0.29) is 23.8 Å². The Morgan fingerprint density at radius 3 is 2.55 bits per heavy atom. The quantitative estimate of drug-likeness (QED) is 0.797. The minimum atomic E-state index is -0.0528. The lowest BCUT2D eigenvalue weighted by Gasteiger charge is -2.50. The Balaban J connectivity index is 1.31. The molecule has 2 amide bonds. The topological polar surface area (TPSA) is 71.3 Å². The fourth-order valence-electron chi connectivity index (χ4n) is 5.01. The Morgan fingerprint density at radius 2 is 1.90 bits per heavy atom. The molecule has 3 aliphatic rings. The number of likely N-dealkylation sites (tertiary alicyclic amines) is 2. The smallest absolute Gasteiger partial charge is 0.244 e. The van der Waals surface area contributed by atoms with Gasteiger partial charge < -0.3 is 9.80 Å². The minimum absolute atomic E-state index is 0.0528. The highest BCUT2D eigenvalue weighted by atomic mass is 16.2. The largest absolute Gasteiger partial charge is 0.341 e. The average Bonchev–Trinajstić information content (AvgIpc) is 3.47. The molecule has 0 radical (unpaired) electrons. The summed E-state index contributed by atoms with van der Waals surface area (Å²) >= 11 is 0. The monoisotopic (exact) mass is 393 g/mol. The first-order valence-electron chi connectivity index (χ1n) is 10.6. The number of carbonyl (C=O) groups excluding carboxylic acids is 2. The standard InChI is InChI=1S/C22H27N5O2/c28-20(13-26-16-23-15-24-26)25-10-8-22(9-11-25)12-19(17-4-2-1-3-5-17)21(29)27(14-22)18-6-7-18/h1-5,15-16,18-19H,6-14H2/t19-/m0/s1. The second-order valence-electron chi connectivity index (χ2n) is 8.84. The molecule has 7 heteroatoms. The molecule has 29 heavy (non-hydrogen) atoms. The van der Waals surface area contributed by atoms with Gasteiger partial charge in [0.05, 0.1) is 5.92 Å². The molecular formula is C22H27N5O2. The molecule has 7 nitrogen and oxygen atoms in total. The molecular weight excluding hydrogens is 366 g/mol. The van der Waals surface area contributed by atoms with Crippen LogP contribution in [0.1, 0.15) is 43.6 Å². The van der Waals surface area contributed by atoms with E-state index in [1.165, 1.54) is 6.33 Å². The van der Waals surface area contributed by atoms with E-state index in [2.05, 4.69) is 27.1 Å². The third kappa shape index (κ3) is 3.66. The Kier molecular flexibility index (Phi) is 4.60. The van der Waals surface area contributed by atoms with Crippen LogP contribution < -0.4 is 0 Å². The maximum absolute atomic E-state index is 13.2. The van der Waals surface area contributed by atoms with Crippen molar-refractivity contribution >= 4 is 11.8 Å². The van der Waals surface area contributed by atoms with Crippen LogP contribution in [0.4, 0.5) is 0 Å². The van der Waals surface area contributed by atoms with Crippen LogP contribution in [0.3, 0.4) is 0 Å². The van der Waals surface area contributed by atoms with E-state index >= 15 is 0 Å². The molecule has 0 bridgehead atoms. The van der Waals surface area contributed by atoms with E-state index in [4.69, 9.17) is 0 Å². The number of hydrogen-bond acceptors (Lipinski definition) is 4. The Bertz CT molecular complexity index is 870. The van der Waals surface area contributed by atoms with Crippen molar-refractivity contribution in [1.29, 1.82) is 0 Å². The number of aromatic nitrogens is 3. The first-order valence-corrected chi connectivity index (χ1v) is 10.6. The SMILES string of the molecule is O=C(Cn1cncn1)N1CCC2(CC1)C[C@@H](c1ccccc1)C(=O)N(C1CC1)C2. The fraction of sp³-hybridized carbons (Fsp3) is 0.545. The molecule has 1 aromatic carbocycles. The van der Waals surface area contributed by atoms with Gasteiger partial charge in [-0.1, -0.05) is 30.3 Å². The Hall–Kier alpha value is -2.70. The van der Waals surface area contributed by atoms with Crippen molar-refractivity contribution in [2.45, 2.75) is 50.6 Å². The highest BCUT2D eigenvalue weighted by molar-refractivity contribution is 5.85. The van der Waals surface area contributed by atoms with Crippen LogP contribution in [0.5, 0.6) is 0 Å². The van der Waals surface area contributed by atoms with Crippen molar-refractivity contribution < 1.29 is 9.59 Å². The van der Waals surface area contributed by atoms with Crippen LogP contribution in [0.25, 0.3) is 0 Å². The number of carbonyl (C=O) groups is 2. The number of benzene rings is 1. The van der Waals surface area contributed by atoms with Gasteiger partial charge in [0.25, 0.3) is 0 Å². The van der Waals surface area contributed by atoms with Crippen molar-refractivity contribution in [3.05, 3.63) is 48.5 Å². The molecule has 0 N–H and O–H groups in total. The zero-order valence-electron chi connectivity index (χ0n) is 16.6. The second kappa shape index (κ2) is 7.28. The molecule has 2 aromatic rings. The normalized spacial score (nSPS) is 24.1. The molecule has 5 rings (SSSR count). The van der Waals surface area contributed by atoms with E-state index < -0.39 is 0 Å². The average molecular weight is 393 g/mol. The van der Waals surface area contributed by atoms with Gasteiger partial charge in [0.1, 0.15) is 19.2 Å². The van der Waals surface area contributed by atoms with Crippen LogP contribution in [-0.4, -0.2) is 62.1 Å². The van der Waals surface area contributed by atoms with Crippen molar-refractivity contribution in [3.63, 3.8) is 0 Å². The second-order valence-corrected chi connectivity index (χ2v) is 8.84. The number of amides is 2. The molecule has 1 spiro atoms. The van der Waals surface area contributed by atoms with Gasteiger partial charge in [0.2, 0.25) is 11.8 Å². The highest BCUT2D eigenvalue weighted by Crippen LogP contribution is 2.48. The van der Waals surface area contributed by atoms with Crippen molar-refractivity contribution in [1.82, 2.24) is 24.6 Å². The van der Waals surface area contributed by atoms with Gasteiger partial charge in [0.15, 0.2) is 0 Å². The predicted molar refractivity (Wildman–Crippen MR) is 107 cm³/mol. The summed E-state index contributed by atoms with van der Waals surface area (Å²) in [5.74, 6) is 0.341. The van der Waals surface area contributed by atoms with Crippen molar-refractivity contribution in [2.75, 3.05) is 19.6 Å². The molecule has 2 saturated heterocycles. The van der Waals surface area contributed by atoms with Gasteiger partial charge in [0, 0.05) is 25.7 Å². The summed E-state index contributed by atoms with van der Waals surface area (Å²) in [6.45, 7) is 2.60. The summed E-state index contributed by atoms with van der Waals surface area (Å²) in [4.78, 5) is 33.9. The van der Waals surface area contributed by atoms with E-state index in [9.17, 15) is 9.59 Å². The van der Waals surface area contributed by atoms with E-state index in [1.54, 1.807) is 11.0 Å². The number of nitrogens with zero attached hydrogens (tertiary/aromatic N) is 5. The van der Waals surface area contributed by atoms with Crippen LogP contribution >= 0.6 is 0 Å². The first kappa shape index (κ1) is 18.3. The molecule has 0 unspecified atom stereocenters. The lowest BCUT2D eigenvalue weighted by atomic mass is 9.67. The zero-order valence-corrected chi connectivity index (χ0v) is 16.6. The van der Waals surface area contributed by atoms with E-state index in [0.29, 0.717) is 11.9 Å². The van der Waals surface area contributed by atoms with Gasteiger partial charge in [-0.25, -0.2) is 9.67 Å². The summed E-state index contributed by atoms with van der Waals surface area (Å²) in [5, 5.41) is 4.04. The number of hydrogen-bond donors (Lipinski definition) is 0. The third-order valence-corrected chi connectivity index (χ3v) is 6.85. The minimum Gasteiger partial charge on any atom is -0.341 e. The molecule has 1 atom stereocenters. The van der Waals surface area contributed by atoms with Gasteiger partial charge in [-0.2, -0.15) is 5.10 Å². The summed E-state index contributed by atoms with van der Waals surface area (Å²) in [6.07, 6.45) is 8.09. The zero-order chi connectivity index (χ0) is 19.8. The van der Waals surface area contributed by atoms with Crippen LogP contribution in [0.15, 0.2) is 43.0 Å². The van der Waals surface area contributed by atoms with Gasteiger partial charge in [-0.3, -0.25) is 9.59 Å². The third-order valence-electron chi connectivity index (χ3n) is 6.85. The summed E-state index contributed by atoms with van der Waals surface area (Å²) in [6, 6.07) is 10.7. The van der Waals surface area contributed by atoms with Crippen LogP contribution in [0, 0.1) is 5.41 Å². The molecule has 1 aliphatic carbocycles. The van der Waals surface area contributed by atoms with E-state index in [1.807, 2.05) is 23.1 Å². The molecule has 2 aliphatic heterocycles. The maximum atomic E-state index is 13.2. The first-order chi connectivity index (χ1) is 14.1. The maximum Gasteiger partial charge on any atom is 0.244 e. The van der Waals surface area contributed by atoms with Gasteiger partial charge in [-0.15, -0.1) is 0 Å². The molecule has 1 saturated carbocycles. The molecule has 3 heterocycles. The van der Waals surface area contributed by atoms with Crippen LogP contribution in [-0.2, 0) is 16.1 Å². The van der Waals surface area contributed by atoms with Crippen LogP contribution in [0.2, 0.25) is 0 Å². The lowest BCUT2D eigenvalue weighted by molar-refractivity contribution is -0.145. The number of piperidine rings is 2.